The van der Waals surface area contributed by atoms with Crippen LogP contribution < -0.4 is 5.32 Å². The standard InChI is InChI=1S/C13H15F3N2O/c1-9(4-5-19)8-18-12-6-10(7-17)2-3-11(12)13(14,15)16/h2-3,6,9,18-19H,4-5,8H2,1H3. The van der Waals surface area contributed by atoms with Gasteiger partial charge < -0.3 is 10.4 Å². The lowest BCUT2D eigenvalue weighted by Crippen LogP contribution is -2.16. The maximum Gasteiger partial charge on any atom is 0.418 e. The van der Waals surface area contributed by atoms with Gasteiger partial charge >= 0.3 is 6.18 Å². The van der Waals surface area contributed by atoms with E-state index in [9.17, 15) is 13.2 Å². The topological polar surface area (TPSA) is 56.0 Å². The highest BCUT2D eigenvalue weighted by atomic mass is 19.4. The van der Waals surface area contributed by atoms with E-state index in [1.54, 1.807) is 0 Å². The number of nitrogens with one attached hydrogen (secondary N) is 1. The molecule has 0 aliphatic rings. The minimum Gasteiger partial charge on any atom is -0.396 e. The lowest BCUT2D eigenvalue weighted by Gasteiger charge is -2.17. The number of halogens is 3. The van der Waals surface area contributed by atoms with Crippen molar-refractivity contribution in [2.24, 2.45) is 5.92 Å². The third-order valence-corrected chi connectivity index (χ3v) is 2.72. The second kappa shape index (κ2) is 6.43. The van der Waals surface area contributed by atoms with Crippen LogP contribution in [0.1, 0.15) is 24.5 Å². The van der Waals surface area contributed by atoms with Gasteiger partial charge in [-0.25, -0.2) is 0 Å². The summed E-state index contributed by atoms with van der Waals surface area (Å²) in [7, 11) is 0. The van der Waals surface area contributed by atoms with E-state index in [1.165, 1.54) is 6.07 Å². The van der Waals surface area contributed by atoms with Crippen molar-refractivity contribution in [2.75, 3.05) is 18.5 Å². The Morgan fingerprint density at radius 1 is 1.42 bits per heavy atom. The molecule has 19 heavy (non-hydrogen) atoms. The highest BCUT2D eigenvalue weighted by Gasteiger charge is 2.33. The van der Waals surface area contributed by atoms with Gasteiger partial charge in [0.1, 0.15) is 0 Å². The van der Waals surface area contributed by atoms with Gasteiger partial charge in [0.2, 0.25) is 0 Å². The van der Waals surface area contributed by atoms with Gasteiger partial charge in [-0.15, -0.1) is 0 Å². The number of rotatable bonds is 5. The van der Waals surface area contributed by atoms with Crippen molar-refractivity contribution in [3.8, 4) is 6.07 Å². The lowest BCUT2D eigenvalue weighted by atomic mass is 10.1. The number of anilines is 1. The Balaban J connectivity index is 2.93. The van der Waals surface area contributed by atoms with Crippen molar-refractivity contribution in [2.45, 2.75) is 19.5 Å². The molecule has 0 bridgehead atoms. The first-order chi connectivity index (χ1) is 8.88. The number of benzene rings is 1. The number of hydrogen-bond acceptors (Lipinski definition) is 3. The summed E-state index contributed by atoms with van der Waals surface area (Å²) in [4.78, 5) is 0. The van der Waals surface area contributed by atoms with Crippen LogP contribution in [-0.2, 0) is 6.18 Å². The molecule has 0 spiro atoms. The predicted octanol–water partition coefficient (Wildman–Crippen LogP) is 3.01. The van der Waals surface area contributed by atoms with Crippen molar-refractivity contribution in [3.05, 3.63) is 29.3 Å². The third-order valence-electron chi connectivity index (χ3n) is 2.72. The largest absolute Gasteiger partial charge is 0.418 e. The number of nitriles is 1. The first-order valence-corrected chi connectivity index (χ1v) is 5.84. The van der Waals surface area contributed by atoms with Crippen LogP contribution in [0.4, 0.5) is 18.9 Å². The maximum absolute atomic E-state index is 12.8. The molecule has 1 aromatic carbocycles. The monoisotopic (exact) mass is 272 g/mol. The Kier molecular flexibility index (Phi) is 5.19. The average Bonchev–Trinajstić information content (AvgIpc) is 2.35. The zero-order valence-corrected chi connectivity index (χ0v) is 10.5. The van der Waals surface area contributed by atoms with Gasteiger partial charge in [-0.2, -0.15) is 18.4 Å². The molecule has 1 unspecified atom stereocenters. The fourth-order valence-electron chi connectivity index (χ4n) is 1.61. The average molecular weight is 272 g/mol. The van der Waals surface area contributed by atoms with Gasteiger partial charge in [0.25, 0.3) is 0 Å². The van der Waals surface area contributed by atoms with Crippen molar-refractivity contribution in [1.29, 1.82) is 5.26 Å². The van der Waals surface area contributed by atoms with Crippen molar-refractivity contribution >= 4 is 5.69 Å². The fraction of sp³-hybridized carbons (Fsp3) is 0.462. The van der Waals surface area contributed by atoms with Crippen LogP contribution in [-0.4, -0.2) is 18.3 Å². The van der Waals surface area contributed by atoms with Crippen LogP contribution in [0, 0.1) is 17.2 Å². The molecule has 1 aromatic rings. The van der Waals surface area contributed by atoms with Gasteiger partial charge in [0.05, 0.1) is 17.2 Å². The third kappa shape index (κ3) is 4.45. The van der Waals surface area contributed by atoms with Crippen LogP contribution in [0.3, 0.4) is 0 Å². The molecular weight excluding hydrogens is 257 g/mol. The van der Waals surface area contributed by atoms with Gasteiger partial charge in [-0.1, -0.05) is 6.92 Å². The summed E-state index contributed by atoms with van der Waals surface area (Å²) in [6.07, 6.45) is -3.96. The normalized spacial score (nSPS) is 12.8. The van der Waals surface area contributed by atoms with E-state index >= 15 is 0 Å². The SMILES string of the molecule is CC(CCO)CNc1cc(C#N)ccc1C(F)(F)F. The van der Waals surface area contributed by atoms with E-state index in [0.717, 1.165) is 12.1 Å². The van der Waals surface area contributed by atoms with Crippen LogP contribution >= 0.6 is 0 Å². The van der Waals surface area contributed by atoms with Crippen LogP contribution in [0.5, 0.6) is 0 Å². The van der Waals surface area contributed by atoms with Crippen molar-refractivity contribution in [1.82, 2.24) is 0 Å². The van der Waals surface area contributed by atoms with Crippen molar-refractivity contribution in [3.63, 3.8) is 0 Å². The van der Waals surface area contributed by atoms with E-state index in [4.69, 9.17) is 10.4 Å². The van der Waals surface area contributed by atoms with Crippen LogP contribution in [0.15, 0.2) is 18.2 Å². The van der Waals surface area contributed by atoms with Crippen LogP contribution in [0.2, 0.25) is 0 Å². The Morgan fingerprint density at radius 2 is 2.11 bits per heavy atom. The second-order valence-electron chi connectivity index (χ2n) is 4.37. The van der Waals surface area contributed by atoms with E-state index in [1.807, 2.05) is 13.0 Å². The Hall–Kier alpha value is -1.74. The summed E-state index contributed by atoms with van der Waals surface area (Å²) in [5.41, 5.74) is -0.718. The maximum atomic E-state index is 12.8. The van der Waals surface area contributed by atoms with Crippen LogP contribution in [0.25, 0.3) is 0 Å². The van der Waals surface area contributed by atoms with E-state index < -0.39 is 11.7 Å². The number of alkyl halides is 3. The highest BCUT2D eigenvalue weighted by Crippen LogP contribution is 2.35. The summed E-state index contributed by atoms with van der Waals surface area (Å²) in [5.74, 6) is 0.0387. The Labute approximate surface area is 109 Å². The number of hydrogen-bond donors (Lipinski definition) is 2. The lowest BCUT2D eigenvalue weighted by molar-refractivity contribution is -0.137. The van der Waals surface area contributed by atoms with Gasteiger partial charge in [0.15, 0.2) is 0 Å². The molecule has 0 aliphatic carbocycles. The molecular formula is C13H15F3N2O. The molecule has 2 N–H and O–H groups in total. The first-order valence-electron chi connectivity index (χ1n) is 5.84. The minimum absolute atomic E-state index is 0.00674. The highest BCUT2D eigenvalue weighted by molar-refractivity contribution is 5.57. The van der Waals surface area contributed by atoms with Gasteiger partial charge in [-0.3, -0.25) is 0 Å². The number of aliphatic hydroxyl groups is 1. The smallest absolute Gasteiger partial charge is 0.396 e. The predicted molar refractivity (Wildman–Crippen MR) is 65.5 cm³/mol. The summed E-state index contributed by atoms with van der Waals surface area (Å²) < 4.78 is 38.4. The zero-order chi connectivity index (χ0) is 14.5. The van der Waals surface area contributed by atoms with E-state index in [0.29, 0.717) is 13.0 Å². The first kappa shape index (κ1) is 15.3. The molecule has 104 valence electrons. The second-order valence-corrected chi connectivity index (χ2v) is 4.37. The Bertz CT molecular complexity index is 466. The Morgan fingerprint density at radius 3 is 2.63 bits per heavy atom. The van der Waals surface area contributed by atoms with Crippen molar-refractivity contribution < 1.29 is 18.3 Å². The molecule has 0 saturated heterocycles. The summed E-state index contributed by atoms with van der Waals surface area (Å²) in [6.45, 7) is 2.12. The number of aliphatic hydroxyl groups excluding tert-OH is 1. The zero-order valence-electron chi connectivity index (χ0n) is 10.5. The quantitative estimate of drug-likeness (QED) is 0.866. The molecule has 0 saturated carbocycles. The van der Waals surface area contributed by atoms with Gasteiger partial charge in [0, 0.05) is 18.8 Å². The van der Waals surface area contributed by atoms with Gasteiger partial charge in [-0.05, 0) is 30.5 Å². The minimum atomic E-state index is -4.46. The molecule has 1 rings (SSSR count). The van der Waals surface area contributed by atoms with E-state index in [2.05, 4.69) is 5.32 Å². The molecule has 0 radical (unpaired) electrons. The molecule has 0 aliphatic heterocycles. The molecule has 0 aromatic heterocycles. The molecule has 1 atom stereocenters. The molecule has 6 heteroatoms. The van der Waals surface area contributed by atoms with E-state index in [-0.39, 0.29) is 23.8 Å². The number of nitrogens with zero attached hydrogens (tertiary/aromatic N) is 1. The molecule has 3 nitrogen and oxygen atoms in total. The summed E-state index contributed by atoms with van der Waals surface area (Å²) >= 11 is 0. The molecule has 0 amide bonds. The molecule has 0 heterocycles. The fourth-order valence-corrected chi connectivity index (χ4v) is 1.61. The molecule has 0 fully saturated rings. The summed E-state index contributed by atoms with van der Waals surface area (Å²) in [6, 6.07) is 5.04. The summed E-state index contributed by atoms with van der Waals surface area (Å²) in [5, 5.41) is 20.2.